The van der Waals surface area contributed by atoms with Crippen LogP contribution in [-0.4, -0.2) is 37.5 Å². The molecule has 0 aliphatic rings. The van der Waals surface area contributed by atoms with Gasteiger partial charge in [-0.1, -0.05) is 56.8 Å². The van der Waals surface area contributed by atoms with Crippen molar-refractivity contribution in [3.05, 3.63) is 63.7 Å². The molecule has 2 aromatic rings. The first kappa shape index (κ1) is 35.8. The van der Waals surface area contributed by atoms with E-state index in [0.29, 0.717) is 43.4 Å². The molecule has 0 spiro atoms. The number of benzene rings is 2. The Balaban J connectivity index is 2.42. The second-order valence-corrected chi connectivity index (χ2v) is 14.9. The van der Waals surface area contributed by atoms with Gasteiger partial charge in [0.1, 0.15) is 5.75 Å². The molecule has 234 valence electrons. The second-order valence-electron chi connectivity index (χ2n) is 12.9. The maximum atomic E-state index is 14.0. The summed E-state index contributed by atoms with van der Waals surface area (Å²) < 4.78 is 14.0. The van der Waals surface area contributed by atoms with Gasteiger partial charge in [-0.05, 0) is 106 Å². The minimum absolute atomic E-state index is 0.0969. The van der Waals surface area contributed by atoms with Crippen LogP contribution < -0.4 is 10.9 Å². The number of ketones is 2. The Bertz CT molecular complexity index is 1260. The first-order valence-corrected chi connectivity index (χ1v) is 16.8. The Kier molecular flexibility index (Phi) is 12.3. The molecule has 0 fully saturated rings. The molecule has 42 heavy (non-hydrogen) atoms. The number of carbonyl (C=O) groups is 2. The average molecular weight is 602 g/mol. The zero-order chi connectivity index (χ0) is 32.0. The van der Waals surface area contributed by atoms with E-state index in [-0.39, 0.29) is 23.6 Å². The van der Waals surface area contributed by atoms with Crippen LogP contribution in [0.3, 0.4) is 0 Å². The fourth-order valence-corrected chi connectivity index (χ4v) is 6.67. The maximum absolute atomic E-state index is 14.0. The molecule has 8 nitrogen and oxygen atoms in total. The van der Waals surface area contributed by atoms with Crippen molar-refractivity contribution in [2.45, 2.75) is 124 Å². The summed E-state index contributed by atoms with van der Waals surface area (Å²) in [5.74, 6) is 0.297. The summed E-state index contributed by atoms with van der Waals surface area (Å²) in [6, 6.07) is 9.54. The van der Waals surface area contributed by atoms with Crippen molar-refractivity contribution < 1.29 is 24.2 Å². The second kappa shape index (κ2) is 14.4. The van der Waals surface area contributed by atoms with E-state index in [9.17, 15) is 24.2 Å². The van der Waals surface area contributed by atoms with Crippen molar-refractivity contribution >= 4 is 19.1 Å². The van der Waals surface area contributed by atoms with Gasteiger partial charge in [-0.2, -0.15) is 0 Å². The van der Waals surface area contributed by atoms with Gasteiger partial charge in [0.05, 0.1) is 17.2 Å². The molecule has 0 aromatic heterocycles. The van der Waals surface area contributed by atoms with E-state index in [1.807, 2.05) is 65.8 Å². The number of hydrazine groups is 2. The molecule has 0 radical (unpaired) electrons. The standard InChI is InChI=1S/C33H52N3O5P/c1-11-13-30(38)32(7,8)34-36(35-33(9,10)31(39)14-12-2)42(40,41)21-26-17-23(5)28(24(6)18-26)20-25-15-16-29(37)27(19-25)22(3)4/h15-19,22,34-35,37H,11-14,20-21H2,1-10H3,(H,40,41). The van der Waals surface area contributed by atoms with Crippen LogP contribution in [-0.2, 0) is 26.7 Å². The molecule has 4 N–H and O–H groups in total. The van der Waals surface area contributed by atoms with Gasteiger partial charge in [0.25, 0.3) is 0 Å². The highest BCUT2D eigenvalue weighted by Crippen LogP contribution is 2.48. The number of Topliss-reactive ketones (excluding diaryl/α,β-unsaturated/α-hetero) is 2. The Morgan fingerprint density at radius 2 is 1.36 bits per heavy atom. The third-order valence-corrected chi connectivity index (χ3v) is 9.27. The number of hydrogen-bond acceptors (Lipinski definition) is 6. The lowest BCUT2D eigenvalue weighted by atomic mass is 9.92. The predicted octanol–water partition coefficient (Wildman–Crippen LogP) is 7.02. The molecule has 0 bridgehead atoms. The van der Waals surface area contributed by atoms with Crippen LogP contribution in [0.5, 0.6) is 5.75 Å². The smallest absolute Gasteiger partial charge is 0.301 e. The number of aryl methyl sites for hydroxylation is 2. The monoisotopic (exact) mass is 601 g/mol. The van der Waals surface area contributed by atoms with E-state index in [4.69, 9.17) is 0 Å². The number of nitrogens with one attached hydrogen (secondary N) is 2. The summed E-state index contributed by atoms with van der Waals surface area (Å²) in [6.45, 7) is 18.6. The van der Waals surface area contributed by atoms with Gasteiger partial charge >= 0.3 is 7.52 Å². The summed E-state index contributed by atoms with van der Waals surface area (Å²) in [5.41, 5.74) is 9.44. The number of phenols is 1. The van der Waals surface area contributed by atoms with Gasteiger partial charge in [-0.25, -0.2) is 10.9 Å². The van der Waals surface area contributed by atoms with Crippen molar-refractivity contribution in [3.63, 3.8) is 0 Å². The summed E-state index contributed by atoms with van der Waals surface area (Å²) in [5, 5.41) is 10.2. The minimum Gasteiger partial charge on any atom is -0.508 e. The van der Waals surface area contributed by atoms with Crippen LogP contribution >= 0.6 is 7.52 Å². The molecule has 9 heteroatoms. The topological polar surface area (TPSA) is 119 Å². The van der Waals surface area contributed by atoms with Crippen LogP contribution in [0.25, 0.3) is 0 Å². The molecule has 0 saturated heterocycles. The van der Waals surface area contributed by atoms with E-state index in [0.717, 1.165) is 32.7 Å². The number of nitrogens with zero attached hydrogens (tertiary/aromatic N) is 1. The van der Waals surface area contributed by atoms with Gasteiger partial charge in [-0.15, -0.1) is 0 Å². The molecule has 1 atom stereocenters. The lowest BCUT2D eigenvalue weighted by Gasteiger charge is -2.40. The van der Waals surface area contributed by atoms with Crippen LogP contribution in [0, 0.1) is 13.8 Å². The Morgan fingerprint density at radius 1 is 0.881 bits per heavy atom. The van der Waals surface area contributed by atoms with Gasteiger partial charge in [0.15, 0.2) is 11.6 Å². The number of aromatic hydroxyl groups is 1. The molecular weight excluding hydrogens is 549 g/mol. The van der Waals surface area contributed by atoms with E-state index in [1.165, 1.54) is 0 Å². The molecular formula is C33H52N3O5P. The van der Waals surface area contributed by atoms with Gasteiger partial charge in [0.2, 0.25) is 0 Å². The van der Waals surface area contributed by atoms with Crippen LogP contribution in [0.4, 0.5) is 0 Å². The largest absolute Gasteiger partial charge is 0.508 e. The van der Waals surface area contributed by atoms with Gasteiger partial charge in [0, 0.05) is 12.8 Å². The van der Waals surface area contributed by atoms with Crippen molar-refractivity contribution in [2.75, 3.05) is 0 Å². The van der Waals surface area contributed by atoms with E-state index in [1.54, 1.807) is 33.8 Å². The molecule has 2 rings (SSSR count). The molecule has 0 amide bonds. The van der Waals surface area contributed by atoms with Crippen molar-refractivity contribution in [1.82, 2.24) is 15.7 Å². The first-order valence-electron chi connectivity index (χ1n) is 15.0. The molecule has 0 aliphatic carbocycles. The number of phenolic OH excluding ortho intramolecular Hbond substituents is 1. The molecule has 2 aromatic carbocycles. The fraction of sp³-hybridized carbons (Fsp3) is 0.576. The molecule has 0 saturated carbocycles. The van der Waals surface area contributed by atoms with Gasteiger partial charge in [-0.3, -0.25) is 14.2 Å². The molecule has 0 aliphatic heterocycles. The van der Waals surface area contributed by atoms with Gasteiger partial charge < -0.3 is 10.00 Å². The minimum atomic E-state index is -4.20. The van der Waals surface area contributed by atoms with Crippen molar-refractivity contribution in [2.24, 2.45) is 0 Å². The highest BCUT2D eigenvalue weighted by Gasteiger charge is 2.40. The average Bonchev–Trinajstić information content (AvgIpc) is 2.86. The Labute approximate surface area is 252 Å². The van der Waals surface area contributed by atoms with Crippen LogP contribution in [0.15, 0.2) is 30.3 Å². The molecule has 0 heterocycles. The third-order valence-electron chi connectivity index (χ3n) is 7.67. The lowest BCUT2D eigenvalue weighted by Crippen LogP contribution is -2.64. The Morgan fingerprint density at radius 3 is 1.79 bits per heavy atom. The SMILES string of the molecule is CCCC(=O)C(C)(C)NN(NC(C)(C)C(=O)CCC)P(=O)(O)Cc1cc(C)c(Cc2ccc(O)c(C(C)C)c2)c(C)c1. The zero-order valence-electron chi connectivity index (χ0n) is 27.2. The van der Waals surface area contributed by atoms with Crippen molar-refractivity contribution in [3.8, 4) is 5.75 Å². The highest BCUT2D eigenvalue weighted by atomic mass is 31.2. The summed E-state index contributed by atoms with van der Waals surface area (Å²) in [6.07, 6.45) is 2.43. The summed E-state index contributed by atoms with van der Waals surface area (Å²) in [7, 11) is -4.20. The van der Waals surface area contributed by atoms with Crippen LogP contribution in [0.1, 0.15) is 120 Å². The number of hydrogen-bond donors (Lipinski definition) is 4. The third kappa shape index (κ3) is 9.32. The van der Waals surface area contributed by atoms with E-state index >= 15 is 0 Å². The van der Waals surface area contributed by atoms with E-state index < -0.39 is 18.6 Å². The highest BCUT2D eigenvalue weighted by molar-refractivity contribution is 7.54. The number of carbonyl (C=O) groups excluding carboxylic acids is 2. The van der Waals surface area contributed by atoms with Crippen molar-refractivity contribution in [1.29, 1.82) is 0 Å². The maximum Gasteiger partial charge on any atom is 0.301 e. The van der Waals surface area contributed by atoms with Crippen LogP contribution in [0.2, 0.25) is 0 Å². The molecule has 1 unspecified atom stereocenters. The predicted molar refractivity (Wildman–Crippen MR) is 171 cm³/mol. The summed E-state index contributed by atoms with van der Waals surface area (Å²) in [4.78, 5) is 38.3. The first-order chi connectivity index (χ1) is 19.3. The normalized spacial score (nSPS) is 13.9. The summed E-state index contributed by atoms with van der Waals surface area (Å²) >= 11 is 0. The number of rotatable bonds is 16. The quantitative estimate of drug-likeness (QED) is 0.120. The Hall–Kier alpha value is -2.35. The zero-order valence-corrected chi connectivity index (χ0v) is 28.1. The fourth-order valence-electron chi connectivity index (χ4n) is 5.06. The lowest BCUT2D eigenvalue weighted by molar-refractivity contribution is -0.128. The van der Waals surface area contributed by atoms with E-state index in [2.05, 4.69) is 10.9 Å².